The molecule has 2 heterocycles. The fraction of sp³-hybridized carbons (Fsp3) is 0.500. The van der Waals surface area contributed by atoms with Gasteiger partial charge in [0, 0.05) is 6.42 Å². The van der Waals surface area contributed by atoms with E-state index in [4.69, 9.17) is 9.15 Å². The molecule has 0 saturated carbocycles. The molecule has 1 N–H and O–H groups in total. The van der Waals surface area contributed by atoms with E-state index in [-0.39, 0.29) is 6.04 Å². The number of furan rings is 1. The number of nitrogens with one attached hydrogen (secondary N) is 1. The molecule has 1 aromatic rings. The molecule has 0 saturated heterocycles. The molecule has 0 aliphatic carbocycles. The highest BCUT2D eigenvalue weighted by Gasteiger charge is 2.22. The summed E-state index contributed by atoms with van der Waals surface area (Å²) < 4.78 is 11.0. The largest absolute Gasteiger partial charge is 0.496 e. The van der Waals surface area contributed by atoms with Gasteiger partial charge in [0.25, 0.3) is 0 Å². The quantitative estimate of drug-likeness (QED) is 0.806. The molecule has 1 atom stereocenters. The summed E-state index contributed by atoms with van der Waals surface area (Å²) in [5.74, 6) is 1.93. The fourth-order valence-corrected chi connectivity index (χ4v) is 1.72. The summed E-state index contributed by atoms with van der Waals surface area (Å²) in [6.45, 7) is 3.91. The summed E-state index contributed by atoms with van der Waals surface area (Å²) in [4.78, 5) is 0. The maximum absolute atomic E-state index is 5.57. The Morgan fingerprint density at radius 1 is 1.53 bits per heavy atom. The molecule has 0 radical (unpaired) electrons. The first-order valence-electron chi connectivity index (χ1n) is 5.51. The van der Waals surface area contributed by atoms with Crippen LogP contribution in [-0.2, 0) is 4.74 Å². The third kappa shape index (κ3) is 2.42. The first-order chi connectivity index (χ1) is 7.42. The van der Waals surface area contributed by atoms with Crippen LogP contribution in [0, 0.1) is 0 Å². The second-order valence-electron chi connectivity index (χ2n) is 3.65. The third-order valence-corrected chi connectivity index (χ3v) is 2.44. The van der Waals surface area contributed by atoms with E-state index in [2.05, 4.69) is 18.3 Å². The summed E-state index contributed by atoms with van der Waals surface area (Å²) in [7, 11) is 0. The van der Waals surface area contributed by atoms with Crippen LogP contribution >= 0.6 is 0 Å². The van der Waals surface area contributed by atoms with Crippen LogP contribution in [0.5, 0.6) is 0 Å². The average molecular weight is 207 g/mol. The second kappa shape index (κ2) is 5.03. The van der Waals surface area contributed by atoms with Gasteiger partial charge in [-0.05, 0) is 31.2 Å². The smallest absolute Gasteiger partial charge is 0.128 e. The van der Waals surface area contributed by atoms with Crippen LogP contribution in [0.2, 0.25) is 0 Å². The Kier molecular flexibility index (Phi) is 3.45. The molecule has 1 unspecified atom stereocenters. The molecular weight excluding hydrogens is 190 g/mol. The molecule has 15 heavy (non-hydrogen) atoms. The van der Waals surface area contributed by atoms with Crippen molar-refractivity contribution in [2.75, 3.05) is 13.2 Å². The summed E-state index contributed by atoms with van der Waals surface area (Å²) >= 11 is 0. The Balaban J connectivity index is 2.09. The zero-order valence-electron chi connectivity index (χ0n) is 9.03. The van der Waals surface area contributed by atoms with Crippen molar-refractivity contribution in [3.63, 3.8) is 0 Å². The van der Waals surface area contributed by atoms with Crippen LogP contribution in [0.4, 0.5) is 0 Å². The van der Waals surface area contributed by atoms with Crippen LogP contribution in [0.15, 0.2) is 34.6 Å². The molecule has 1 aromatic heterocycles. The molecule has 1 aliphatic rings. The van der Waals surface area contributed by atoms with E-state index in [0.717, 1.165) is 37.5 Å². The Morgan fingerprint density at radius 2 is 2.47 bits per heavy atom. The van der Waals surface area contributed by atoms with E-state index in [1.54, 1.807) is 6.26 Å². The Bertz CT molecular complexity index is 316. The molecule has 0 fully saturated rings. The first-order valence-corrected chi connectivity index (χ1v) is 5.51. The van der Waals surface area contributed by atoms with E-state index in [0.29, 0.717) is 0 Å². The van der Waals surface area contributed by atoms with Gasteiger partial charge in [-0.2, -0.15) is 0 Å². The predicted octanol–water partition coefficient (Wildman–Crippen LogP) is 2.62. The Labute approximate surface area is 90.1 Å². The van der Waals surface area contributed by atoms with Gasteiger partial charge in [-0.1, -0.05) is 6.92 Å². The summed E-state index contributed by atoms with van der Waals surface area (Å²) in [6.07, 6.45) is 5.94. The molecule has 2 rings (SSSR count). The molecular formula is C12H17NO2. The second-order valence-corrected chi connectivity index (χ2v) is 3.65. The minimum absolute atomic E-state index is 0.0856. The van der Waals surface area contributed by atoms with E-state index in [1.807, 2.05) is 12.1 Å². The van der Waals surface area contributed by atoms with Crippen molar-refractivity contribution in [1.82, 2.24) is 5.32 Å². The third-order valence-electron chi connectivity index (χ3n) is 2.44. The minimum atomic E-state index is 0.0856. The van der Waals surface area contributed by atoms with E-state index >= 15 is 0 Å². The molecule has 0 bridgehead atoms. The van der Waals surface area contributed by atoms with Gasteiger partial charge >= 0.3 is 0 Å². The zero-order chi connectivity index (χ0) is 10.5. The van der Waals surface area contributed by atoms with Gasteiger partial charge in [0.05, 0.1) is 12.9 Å². The van der Waals surface area contributed by atoms with Gasteiger partial charge in [0.2, 0.25) is 0 Å². The lowest BCUT2D eigenvalue weighted by molar-refractivity contribution is 0.207. The molecule has 0 spiro atoms. The SMILES string of the molecule is CCCNC(C1=CCCO1)c1ccco1. The normalized spacial score (nSPS) is 17.3. The monoisotopic (exact) mass is 207 g/mol. The van der Waals surface area contributed by atoms with Crippen molar-refractivity contribution in [2.45, 2.75) is 25.8 Å². The predicted molar refractivity (Wildman–Crippen MR) is 58.4 cm³/mol. The van der Waals surface area contributed by atoms with Gasteiger partial charge < -0.3 is 14.5 Å². The van der Waals surface area contributed by atoms with Crippen molar-refractivity contribution < 1.29 is 9.15 Å². The van der Waals surface area contributed by atoms with Crippen molar-refractivity contribution in [3.05, 3.63) is 36.0 Å². The number of rotatable bonds is 5. The van der Waals surface area contributed by atoms with Crippen molar-refractivity contribution in [2.24, 2.45) is 0 Å². The number of ether oxygens (including phenoxy) is 1. The lowest BCUT2D eigenvalue weighted by Crippen LogP contribution is -2.23. The van der Waals surface area contributed by atoms with E-state index in [1.165, 1.54) is 0 Å². The van der Waals surface area contributed by atoms with Gasteiger partial charge in [0.1, 0.15) is 17.6 Å². The Morgan fingerprint density at radius 3 is 3.07 bits per heavy atom. The minimum Gasteiger partial charge on any atom is -0.496 e. The van der Waals surface area contributed by atoms with Crippen molar-refractivity contribution in [3.8, 4) is 0 Å². The lowest BCUT2D eigenvalue weighted by atomic mass is 10.1. The fourth-order valence-electron chi connectivity index (χ4n) is 1.72. The highest BCUT2D eigenvalue weighted by Crippen LogP contribution is 2.26. The molecule has 0 amide bonds. The van der Waals surface area contributed by atoms with Crippen LogP contribution in [0.25, 0.3) is 0 Å². The topological polar surface area (TPSA) is 34.4 Å². The molecule has 3 nitrogen and oxygen atoms in total. The van der Waals surface area contributed by atoms with Crippen LogP contribution < -0.4 is 5.32 Å². The molecule has 3 heteroatoms. The van der Waals surface area contributed by atoms with Crippen LogP contribution in [0.3, 0.4) is 0 Å². The van der Waals surface area contributed by atoms with Crippen LogP contribution in [-0.4, -0.2) is 13.2 Å². The summed E-state index contributed by atoms with van der Waals surface area (Å²) in [6, 6.07) is 3.98. The number of hydrogen-bond acceptors (Lipinski definition) is 3. The first kappa shape index (κ1) is 10.3. The maximum Gasteiger partial charge on any atom is 0.128 e. The van der Waals surface area contributed by atoms with E-state index < -0.39 is 0 Å². The van der Waals surface area contributed by atoms with Gasteiger partial charge in [0.15, 0.2) is 0 Å². The van der Waals surface area contributed by atoms with Gasteiger partial charge in [-0.25, -0.2) is 0 Å². The highest BCUT2D eigenvalue weighted by molar-refractivity contribution is 5.18. The molecule has 82 valence electrons. The van der Waals surface area contributed by atoms with Crippen LogP contribution in [0.1, 0.15) is 31.6 Å². The van der Waals surface area contributed by atoms with E-state index in [9.17, 15) is 0 Å². The summed E-state index contributed by atoms with van der Waals surface area (Å²) in [5, 5.41) is 3.43. The highest BCUT2D eigenvalue weighted by atomic mass is 16.5. The lowest BCUT2D eigenvalue weighted by Gasteiger charge is -2.17. The van der Waals surface area contributed by atoms with Gasteiger partial charge in [-0.15, -0.1) is 0 Å². The molecule has 0 aromatic carbocycles. The van der Waals surface area contributed by atoms with Crippen molar-refractivity contribution in [1.29, 1.82) is 0 Å². The number of hydrogen-bond donors (Lipinski definition) is 1. The average Bonchev–Trinajstić information content (AvgIpc) is 2.90. The molecule has 1 aliphatic heterocycles. The van der Waals surface area contributed by atoms with Crippen molar-refractivity contribution >= 4 is 0 Å². The van der Waals surface area contributed by atoms with Gasteiger partial charge in [-0.3, -0.25) is 0 Å². The zero-order valence-corrected chi connectivity index (χ0v) is 9.03. The summed E-state index contributed by atoms with van der Waals surface area (Å²) in [5.41, 5.74) is 0. The Hall–Kier alpha value is -1.22. The maximum atomic E-state index is 5.57. The standard InChI is InChI=1S/C12H17NO2/c1-2-7-13-12(10-5-3-8-14-10)11-6-4-9-15-11/h3,5-6,8,12-13H,2,4,7,9H2,1H3.